The van der Waals surface area contributed by atoms with Gasteiger partial charge < -0.3 is 9.47 Å². The molecule has 0 unspecified atom stereocenters. The third kappa shape index (κ3) is 3.72. The average molecular weight is 302 g/mol. The zero-order valence-electron chi connectivity index (χ0n) is 13.0. The minimum atomic E-state index is -0.589. The normalized spacial score (nSPS) is 11.1. The third-order valence-electron chi connectivity index (χ3n) is 2.78. The fraction of sp³-hybridized carbons (Fsp3) is 0.312. The van der Waals surface area contributed by atoms with E-state index >= 15 is 0 Å². The number of aromatic nitrogens is 2. The summed E-state index contributed by atoms with van der Waals surface area (Å²) >= 11 is 0. The van der Waals surface area contributed by atoms with Gasteiger partial charge in [-0.2, -0.15) is 9.78 Å². The highest BCUT2D eigenvalue weighted by atomic mass is 16.6. The Bertz CT molecular complexity index is 698. The zero-order chi connectivity index (χ0) is 16.3. The molecule has 0 N–H and O–H groups in total. The predicted molar refractivity (Wildman–Crippen MR) is 80.6 cm³/mol. The van der Waals surface area contributed by atoms with Crippen LogP contribution in [0.2, 0.25) is 0 Å². The first-order valence-corrected chi connectivity index (χ1v) is 6.77. The number of hydrogen-bond acceptors (Lipinski definition) is 5. The number of esters is 1. The van der Waals surface area contributed by atoms with Crippen LogP contribution in [0.3, 0.4) is 0 Å². The highest BCUT2D eigenvalue weighted by Gasteiger charge is 2.19. The minimum absolute atomic E-state index is 0.415. The van der Waals surface area contributed by atoms with Crippen LogP contribution >= 0.6 is 0 Å². The van der Waals surface area contributed by atoms with Crippen molar-refractivity contribution in [2.75, 3.05) is 7.11 Å². The highest BCUT2D eigenvalue weighted by Crippen LogP contribution is 2.20. The standard InChI is InChI=1S/C16H18N2O4/c1-16(2,3)22-15(20)18-10-13(9-17-18)11-6-5-7-12(8-11)14(19)21-4/h5-10H,1-4H3. The Morgan fingerprint density at radius 2 is 1.91 bits per heavy atom. The number of methoxy groups -OCH3 is 1. The lowest BCUT2D eigenvalue weighted by Crippen LogP contribution is -2.27. The molecule has 1 aromatic carbocycles. The molecule has 1 aromatic heterocycles. The first-order valence-electron chi connectivity index (χ1n) is 6.77. The summed E-state index contributed by atoms with van der Waals surface area (Å²) in [7, 11) is 1.33. The Kier molecular flexibility index (Phi) is 4.30. The van der Waals surface area contributed by atoms with Crippen LogP contribution in [-0.2, 0) is 9.47 Å². The number of hydrogen-bond donors (Lipinski definition) is 0. The van der Waals surface area contributed by atoms with Crippen LogP contribution in [0, 0.1) is 0 Å². The maximum atomic E-state index is 11.9. The molecule has 6 nitrogen and oxygen atoms in total. The smallest absolute Gasteiger partial charge is 0.435 e. The van der Waals surface area contributed by atoms with Crippen molar-refractivity contribution in [1.82, 2.24) is 9.78 Å². The fourth-order valence-corrected chi connectivity index (χ4v) is 1.82. The molecule has 2 rings (SSSR count). The summed E-state index contributed by atoms with van der Waals surface area (Å²) in [6.45, 7) is 5.36. The average Bonchev–Trinajstić information content (AvgIpc) is 2.95. The van der Waals surface area contributed by atoms with Crippen LogP contribution in [0.4, 0.5) is 4.79 Å². The van der Waals surface area contributed by atoms with Gasteiger partial charge in [0.05, 0.1) is 18.9 Å². The molecule has 22 heavy (non-hydrogen) atoms. The van der Waals surface area contributed by atoms with Gasteiger partial charge in [0.15, 0.2) is 0 Å². The lowest BCUT2D eigenvalue weighted by molar-refractivity contribution is 0.0513. The van der Waals surface area contributed by atoms with Gasteiger partial charge in [0.1, 0.15) is 5.60 Å². The monoisotopic (exact) mass is 302 g/mol. The van der Waals surface area contributed by atoms with Crippen LogP contribution in [0.25, 0.3) is 11.1 Å². The van der Waals surface area contributed by atoms with E-state index in [0.29, 0.717) is 11.1 Å². The molecule has 0 aliphatic heterocycles. The van der Waals surface area contributed by atoms with Crippen molar-refractivity contribution in [3.63, 3.8) is 0 Å². The summed E-state index contributed by atoms with van der Waals surface area (Å²) in [6, 6.07) is 6.91. The van der Waals surface area contributed by atoms with E-state index in [9.17, 15) is 9.59 Å². The zero-order valence-corrected chi connectivity index (χ0v) is 13.0. The second-order valence-electron chi connectivity index (χ2n) is 5.73. The van der Waals surface area contributed by atoms with Crippen molar-refractivity contribution in [3.05, 3.63) is 42.2 Å². The van der Waals surface area contributed by atoms with Gasteiger partial charge in [0.2, 0.25) is 0 Å². The maximum absolute atomic E-state index is 11.9. The highest BCUT2D eigenvalue weighted by molar-refractivity contribution is 5.91. The Hall–Kier alpha value is -2.63. The molecule has 0 radical (unpaired) electrons. The van der Waals surface area contributed by atoms with Gasteiger partial charge >= 0.3 is 12.1 Å². The van der Waals surface area contributed by atoms with Gasteiger partial charge in [0, 0.05) is 11.8 Å². The predicted octanol–water partition coefficient (Wildman–Crippen LogP) is 3.12. The first kappa shape index (κ1) is 15.8. The van der Waals surface area contributed by atoms with Gasteiger partial charge in [-0.15, -0.1) is 0 Å². The molecule has 1 heterocycles. The summed E-state index contributed by atoms with van der Waals surface area (Å²) in [5.74, 6) is -0.415. The lowest BCUT2D eigenvalue weighted by atomic mass is 10.1. The maximum Gasteiger partial charge on any atom is 0.435 e. The largest absolute Gasteiger partial charge is 0.465 e. The molecule has 0 saturated carbocycles. The molecule has 116 valence electrons. The topological polar surface area (TPSA) is 70.4 Å². The molecule has 0 amide bonds. The number of carbonyl (C=O) groups excluding carboxylic acids is 2. The number of rotatable bonds is 2. The molecular formula is C16H18N2O4. The van der Waals surface area contributed by atoms with E-state index in [1.807, 2.05) is 6.07 Å². The van der Waals surface area contributed by atoms with Crippen LogP contribution in [-0.4, -0.2) is 34.6 Å². The van der Waals surface area contributed by atoms with Crippen LogP contribution in [0.5, 0.6) is 0 Å². The molecule has 6 heteroatoms. The summed E-state index contributed by atoms with van der Waals surface area (Å²) in [4.78, 5) is 23.5. The molecule has 0 spiro atoms. The van der Waals surface area contributed by atoms with Crippen molar-refractivity contribution in [1.29, 1.82) is 0 Å². The summed E-state index contributed by atoms with van der Waals surface area (Å²) in [5.41, 5.74) is 1.31. The van der Waals surface area contributed by atoms with Crippen molar-refractivity contribution >= 4 is 12.1 Å². The first-order chi connectivity index (χ1) is 10.3. The number of carbonyl (C=O) groups is 2. The Morgan fingerprint density at radius 1 is 1.18 bits per heavy atom. The molecule has 2 aromatic rings. The SMILES string of the molecule is COC(=O)c1cccc(-c2cnn(C(=O)OC(C)(C)C)c2)c1. The van der Waals surface area contributed by atoms with Crippen molar-refractivity contribution in [3.8, 4) is 11.1 Å². The van der Waals surface area contributed by atoms with Gasteiger partial charge in [0.25, 0.3) is 0 Å². The molecular weight excluding hydrogens is 284 g/mol. The van der Waals surface area contributed by atoms with E-state index < -0.39 is 17.7 Å². The summed E-state index contributed by atoms with van der Waals surface area (Å²) in [5, 5.41) is 4.00. The van der Waals surface area contributed by atoms with E-state index in [1.165, 1.54) is 7.11 Å². The van der Waals surface area contributed by atoms with Gasteiger partial charge in [-0.05, 0) is 38.5 Å². The van der Waals surface area contributed by atoms with E-state index in [4.69, 9.17) is 9.47 Å². The summed E-state index contributed by atoms with van der Waals surface area (Å²) < 4.78 is 11.1. The van der Waals surface area contributed by atoms with Gasteiger partial charge in [-0.1, -0.05) is 12.1 Å². The number of benzene rings is 1. The van der Waals surface area contributed by atoms with Gasteiger partial charge in [-0.25, -0.2) is 9.59 Å². The summed E-state index contributed by atoms with van der Waals surface area (Å²) in [6.07, 6.45) is 2.55. The van der Waals surface area contributed by atoms with Crippen molar-refractivity contribution < 1.29 is 19.1 Å². The lowest BCUT2D eigenvalue weighted by Gasteiger charge is -2.18. The van der Waals surface area contributed by atoms with Crippen LogP contribution in [0.1, 0.15) is 31.1 Å². The van der Waals surface area contributed by atoms with Crippen molar-refractivity contribution in [2.45, 2.75) is 26.4 Å². The van der Waals surface area contributed by atoms with Crippen LogP contribution < -0.4 is 0 Å². The molecule has 0 bridgehead atoms. The quantitative estimate of drug-likeness (QED) is 0.797. The van der Waals surface area contributed by atoms with Gasteiger partial charge in [-0.3, -0.25) is 0 Å². The Morgan fingerprint density at radius 3 is 2.55 bits per heavy atom. The molecule has 0 fully saturated rings. The van der Waals surface area contributed by atoms with E-state index in [1.54, 1.807) is 51.4 Å². The second-order valence-corrected chi connectivity index (χ2v) is 5.73. The minimum Gasteiger partial charge on any atom is -0.465 e. The fourth-order valence-electron chi connectivity index (χ4n) is 1.82. The second kappa shape index (κ2) is 6.01. The number of nitrogens with zero attached hydrogens (tertiary/aromatic N) is 2. The van der Waals surface area contributed by atoms with Crippen molar-refractivity contribution in [2.24, 2.45) is 0 Å². The molecule has 0 aliphatic carbocycles. The van der Waals surface area contributed by atoms with E-state index in [2.05, 4.69) is 5.10 Å². The molecule has 0 atom stereocenters. The van der Waals surface area contributed by atoms with E-state index in [0.717, 1.165) is 10.2 Å². The Balaban J connectivity index is 2.25. The molecule has 0 aliphatic rings. The van der Waals surface area contributed by atoms with Crippen LogP contribution in [0.15, 0.2) is 36.7 Å². The number of ether oxygens (including phenoxy) is 2. The van der Waals surface area contributed by atoms with E-state index in [-0.39, 0.29) is 0 Å². The third-order valence-corrected chi connectivity index (χ3v) is 2.78. The Labute approximate surface area is 128 Å². The molecule has 0 saturated heterocycles.